The van der Waals surface area contributed by atoms with Gasteiger partial charge in [0.25, 0.3) is 0 Å². The lowest BCUT2D eigenvalue weighted by Gasteiger charge is -2.19. The number of hydrogen-bond donors (Lipinski definition) is 1. The zero-order valence-corrected chi connectivity index (χ0v) is 11.3. The van der Waals surface area contributed by atoms with Crippen molar-refractivity contribution in [1.82, 2.24) is 10.2 Å². The maximum atomic E-state index is 11.7. The summed E-state index contributed by atoms with van der Waals surface area (Å²) in [7, 11) is 1.65. The van der Waals surface area contributed by atoms with Crippen molar-refractivity contribution >= 4 is 11.7 Å². The minimum absolute atomic E-state index is 0.0326. The minimum Gasteiger partial charge on any atom is -0.337 e. The standard InChI is InChI=1S/C13H24N2O2/c1-6-11(7-2)14-8-13(17)15(5)9-12(16)10(3)4/h6,10-11,14H,1,7-9H2,2-5H3. The van der Waals surface area contributed by atoms with Gasteiger partial charge in [0, 0.05) is 19.0 Å². The summed E-state index contributed by atoms with van der Waals surface area (Å²) < 4.78 is 0. The van der Waals surface area contributed by atoms with Crippen LogP contribution in [0.3, 0.4) is 0 Å². The van der Waals surface area contributed by atoms with E-state index in [2.05, 4.69) is 11.9 Å². The van der Waals surface area contributed by atoms with Crippen LogP contribution in [0.15, 0.2) is 12.7 Å². The van der Waals surface area contributed by atoms with Gasteiger partial charge >= 0.3 is 0 Å². The molecule has 0 saturated heterocycles. The molecule has 0 aliphatic rings. The largest absolute Gasteiger partial charge is 0.337 e. The van der Waals surface area contributed by atoms with Crippen LogP contribution >= 0.6 is 0 Å². The second kappa shape index (κ2) is 8.01. The van der Waals surface area contributed by atoms with Gasteiger partial charge < -0.3 is 10.2 Å². The lowest BCUT2D eigenvalue weighted by atomic mass is 10.1. The molecule has 0 heterocycles. The summed E-state index contributed by atoms with van der Waals surface area (Å²) in [6, 6.07) is 0.146. The summed E-state index contributed by atoms with van der Waals surface area (Å²) >= 11 is 0. The Bertz CT molecular complexity index is 275. The Morgan fingerprint density at radius 1 is 1.41 bits per heavy atom. The number of hydrogen-bond acceptors (Lipinski definition) is 3. The van der Waals surface area contributed by atoms with Gasteiger partial charge in [-0.3, -0.25) is 9.59 Å². The van der Waals surface area contributed by atoms with Crippen molar-refractivity contribution in [3.63, 3.8) is 0 Å². The van der Waals surface area contributed by atoms with Gasteiger partial charge in [-0.2, -0.15) is 0 Å². The molecule has 17 heavy (non-hydrogen) atoms. The number of Topliss-reactive ketones (excluding diaryl/α,β-unsaturated/α-hetero) is 1. The van der Waals surface area contributed by atoms with Gasteiger partial charge in [-0.1, -0.05) is 26.8 Å². The molecule has 0 rings (SSSR count). The van der Waals surface area contributed by atoms with Crippen LogP contribution in [0.5, 0.6) is 0 Å². The smallest absolute Gasteiger partial charge is 0.236 e. The number of carbonyl (C=O) groups is 2. The summed E-state index contributed by atoms with van der Waals surface area (Å²) in [5.74, 6) is -0.0225. The molecule has 98 valence electrons. The number of amides is 1. The van der Waals surface area contributed by atoms with Crippen molar-refractivity contribution in [3.8, 4) is 0 Å². The van der Waals surface area contributed by atoms with Gasteiger partial charge in [-0.25, -0.2) is 0 Å². The minimum atomic E-state index is -0.0701. The van der Waals surface area contributed by atoms with E-state index in [-0.39, 0.29) is 36.7 Å². The first-order valence-electron chi connectivity index (χ1n) is 6.04. The highest BCUT2D eigenvalue weighted by atomic mass is 16.2. The van der Waals surface area contributed by atoms with E-state index in [1.165, 1.54) is 4.90 Å². The predicted octanol–water partition coefficient (Wildman–Crippen LogP) is 1.22. The second-order valence-electron chi connectivity index (χ2n) is 4.50. The number of carbonyl (C=O) groups excluding carboxylic acids is 2. The van der Waals surface area contributed by atoms with E-state index in [9.17, 15) is 9.59 Å². The molecule has 0 fully saturated rings. The van der Waals surface area contributed by atoms with E-state index in [0.717, 1.165) is 6.42 Å². The van der Waals surface area contributed by atoms with Crippen LogP contribution in [0, 0.1) is 5.92 Å². The topological polar surface area (TPSA) is 49.4 Å². The van der Waals surface area contributed by atoms with E-state index in [0.29, 0.717) is 0 Å². The summed E-state index contributed by atoms with van der Waals surface area (Å²) in [4.78, 5) is 24.7. The Hall–Kier alpha value is -1.16. The van der Waals surface area contributed by atoms with Crippen molar-refractivity contribution in [2.75, 3.05) is 20.1 Å². The Morgan fingerprint density at radius 2 is 2.00 bits per heavy atom. The Kier molecular flexibility index (Phi) is 7.46. The van der Waals surface area contributed by atoms with Crippen LogP contribution in [-0.4, -0.2) is 42.8 Å². The van der Waals surface area contributed by atoms with Crippen LogP contribution in [-0.2, 0) is 9.59 Å². The number of likely N-dealkylation sites (N-methyl/N-ethyl adjacent to an activating group) is 1. The maximum absolute atomic E-state index is 11.7. The van der Waals surface area contributed by atoms with Gasteiger partial charge in [0.1, 0.15) is 0 Å². The van der Waals surface area contributed by atoms with E-state index in [4.69, 9.17) is 0 Å². The molecule has 0 aromatic rings. The summed E-state index contributed by atoms with van der Waals surface area (Å²) in [6.07, 6.45) is 2.68. The number of nitrogens with zero attached hydrogens (tertiary/aromatic N) is 1. The molecule has 0 aromatic carbocycles. The highest BCUT2D eigenvalue weighted by Gasteiger charge is 2.15. The molecule has 0 aromatic heterocycles. The van der Waals surface area contributed by atoms with Gasteiger partial charge in [0.15, 0.2) is 5.78 Å². The molecule has 0 aliphatic carbocycles. The third kappa shape index (κ3) is 6.22. The third-order valence-corrected chi connectivity index (χ3v) is 2.70. The highest BCUT2D eigenvalue weighted by molar-refractivity contribution is 5.87. The average molecular weight is 240 g/mol. The number of nitrogens with one attached hydrogen (secondary N) is 1. The molecule has 1 amide bonds. The maximum Gasteiger partial charge on any atom is 0.236 e. The van der Waals surface area contributed by atoms with Crippen molar-refractivity contribution in [3.05, 3.63) is 12.7 Å². The Morgan fingerprint density at radius 3 is 2.41 bits per heavy atom. The monoisotopic (exact) mass is 240 g/mol. The van der Waals surface area contributed by atoms with Crippen LogP contribution in [0.1, 0.15) is 27.2 Å². The fourth-order valence-corrected chi connectivity index (χ4v) is 1.25. The molecule has 0 bridgehead atoms. The van der Waals surface area contributed by atoms with Crippen LogP contribution < -0.4 is 5.32 Å². The van der Waals surface area contributed by atoms with E-state index < -0.39 is 0 Å². The van der Waals surface area contributed by atoms with Crippen molar-refractivity contribution in [1.29, 1.82) is 0 Å². The molecule has 0 radical (unpaired) electrons. The molecular formula is C13H24N2O2. The fourth-order valence-electron chi connectivity index (χ4n) is 1.25. The number of ketones is 1. The fraction of sp³-hybridized carbons (Fsp3) is 0.692. The predicted molar refractivity (Wildman–Crippen MR) is 69.8 cm³/mol. The average Bonchev–Trinajstić information content (AvgIpc) is 2.29. The van der Waals surface area contributed by atoms with Crippen LogP contribution in [0.4, 0.5) is 0 Å². The van der Waals surface area contributed by atoms with Gasteiger partial charge in [-0.15, -0.1) is 6.58 Å². The van der Waals surface area contributed by atoms with Crippen molar-refractivity contribution in [2.45, 2.75) is 33.2 Å². The van der Waals surface area contributed by atoms with Gasteiger partial charge in [0.05, 0.1) is 13.1 Å². The van der Waals surface area contributed by atoms with Gasteiger partial charge in [0.2, 0.25) is 5.91 Å². The molecule has 0 saturated carbocycles. The first-order valence-corrected chi connectivity index (χ1v) is 6.04. The molecule has 1 atom stereocenters. The second-order valence-corrected chi connectivity index (χ2v) is 4.50. The summed E-state index contributed by atoms with van der Waals surface area (Å²) in [5, 5.41) is 3.08. The van der Waals surface area contributed by atoms with E-state index in [1.807, 2.05) is 20.8 Å². The lowest BCUT2D eigenvalue weighted by Crippen LogP contribution is -2.41. The first kappa shape index (κ1) is 15.8. The molecule has 1 N–H and O–H groups in total. The summed E-state index contributed by atoms with van der Waals surface area (Å²) in [5.41, 5.74) is 0. The quantitative estimate of drug-likeness (QED) is 0.649. The first-order chi connectivity index (χ1) is 7.92. The van der Waals surface area contributed by atoms with Crippen molar-refractivity contribution in [2.24, 2.45) is 5.92 Å². The van der Waals surface area contributed by atoms with Crippen LogP contribution in [0.25, 0.3) is 0 Å². The van der Waals surface area contributed by atoms with Crippen molar-refractivity contribution < 1.29 is 9.59 Å². The van der Waals surface area contributed by atoms with E-state index in [1.54, 1.807) is 13.1 Å². The Balaban J connectivity index is 4.05. The molecular weight excluding hydrogens is 216 g/mol. The molecule has 1 unspecified atom stereocenters. The zero-order chi connectivity index (χ0) is 13.4. The lowest BCUT2D eigenvalue weighted by molar-refractivity contribution is -0.134. The van der Waals surface area contributed by atoms with Gasteiger partial charge in [-0.05, 0) is 6.42 Å². The third-order valence-electron chi connectivity index (χ3n) is 2.70. The summed E-state index contributed by atoms with van der Waals surface area (Å²) in [6.45, 7) is 9.81. The molecule has 4 heteroatoms. The zero-order valence-electron chi connectivity index (χ0n) is 11.3. The highest BCUT2D eigenvalue weighted by Crippen LogP contribution is 1.97. The number of rotatable bonds is 8. The molecule has 0 spiro atoms. The normalized spacial score (nSPS) is 12.3. The molecule has 0 aliphatic heterocycles. The Labute approximate surface area is 104 Å². The van der Waals surface area contributed by atoms with E-state index >= 15 is 0 Å². The molecule has 4 nitrogen and oxygen atoms in total. The van der Waals surface area contributed by atoms with Crippen LogP contribution in [0.2, 0.25) is 0 Å². The SMILES string of the molecule is C=CC(CC)NCC(=O)N(C)CC(=O)C(C)C.